The van der Waals surface area contributed by atoms with E-state index in [1.54, 1.807) is 6.08 Å². The Bertz CT molecular complexity index is 179. The van der Waals surface area contributed by atoms with E-state index in [-0.39, 0.29) is 6.61 Å². The van der Waals surface area contributed by atoms with Crippen molar-refractivity contribution in [2.45, 2.75) is 6.42 Å². The highest BCUT2D eigenvalue weighted by Gasteiger charge is 2.04. The summed E-state index contributed by atoms with van der Waals surface area (Å²) in [5.74, 6) is -0.756. The first-order valence-electron chi connectivity index (χ1n) is 3.20. The van der Waals surface area contributed by atoms with E-state index < -0.39 is 17.7 Å². The number of ether oxygens (including phenoxy) is 1. The molecule has 0 bridgehead atoms. The summed E-state index contributed by atoms with van der Waals surface area (Å²) in [7, 11) is 0. The Hall–Kier alpha value is -1.59. The minimum atomic E-state index is -1.05. The maximum Gasteiger partial charge on any atom is 0.332 e. The number of carbonyl (C=O) groups is 1. The average molecular weight is 175 g/mol. The fraction of sp³-hybridized carbons (Fsp3) is 0.500. The van der Waals surface area contributed by atoms with Gasteiger partial charge in [-0.25, -0.2) is 4.79 Å². The molecule has 0 aliphatic heterocycles. The predicted octanol–water partition coefficient (Wildman–Crippen LogP) is 0.314. The number of esters is 1. The van der Waals surface area contributed by atoms with Crippen LogP contribution in [0.3, 0.4) is 0 Å². The van der Waals surface area contributed by atoms with Crippen molar-refractivity contribution in [1.29, 1.82) is 0 Å². The van der Waals surface area contributed by atoms with Gasteiger partial charge in [0.2, 0.25) is 0 Å². The lowest BCUT2D eigenvalue weighted by molar-refractivity contribution is -0.754. The highest BCUT2D eigenvalue weighted by Crippen LogP contribution is 1.86. The lowest BCUT2D eigenvalue weighted by Crippen LogP contribution is -2.15. The quantitative estimate of drug-likeness (QED) is 0.191. The van der Waals surface area contributed by atoms with Gasteiger partial charge < -0.3 is 9.57 Å². The predicted molar refractivity (Wildman–Crippen MR) is 38.7 cm³/mol. The van der Waals surface area contributed by atoms with Crippen molar-refractivity contribution in [2.24, 2.45) is 0 Å². The SMILES string of the molecule is C=CCCOC(=O)CO[N+](=O)[O-]. The monoisotopic (exact) mass is 175 g/mol. The number of hydrogen-bond acceptors (Lipinski definition) is 5. The van der Waals surface area contributed by atoms with E-state index in [1.807, 2.05) is 0 Å². The number of nitrogens with zero attached hydrogens (tertiary/aromatic N) is 1. The van der Waals surface area contributed by atoms with Gasteiger partial charge in [0.15, 0.2) is 6.61 Å². The van der Waals surface area contributed by atoms with Crippen molar-refractivity contribution in [1.82, 2.24) is 0 Å². The summed E-state index contributed by atoms with van der Waals surface area (Å²) in [6, 6.07) is 0. The average Bonchev–Trinajstić information content (AvgIpc) is 2.01. The Morgan fingerprint density at radius 1 is 1.67 bits per heavy atom. The molecular weight excluding hydrogens is 166 g/mol. The van der Waals surface area contributed by atoms with Crippen molar-refractivity contribution in [3.63, 3.8) is 0 Å². The molecule has 0 atom stereocenters. The van der Waals surface area contributed by atoms with Gasteiger partial charge in [0.1, 0.15) is 0 Å². The van der Waals surface area contributed by atoms with Crippen LogP contribution in [0, 0.1) is 10.1 Å². The first-order chi connectivity index (χ1) is 5.66. The summed E-state index contributed by atoms with van der Waals surface area (Å²) in [5, 5.41) is 8.55. The smallest absolute Gasteiger partial charge is 0.332 e. The van der Waals surface area contributed by atoms with Crippen LogP contribution in [-0.2, 0) is 14.4 Å². The summed E-state index contributed by atoms with van der Waals surface area (Å²) in [6.45, 7) is 2.91. The Labute approximate surface area is 68.9 Å². The first-order valence-corrected chi connectivity index (χ1v) is 3.20. The van der Waals surface area contributed by atoms with Gasteiger partial charge in [-0.3, -0.25) is 0 Å². The van der Waals surface area contributed by atoms with E-state index in [4.69, 9.17) is 0 Å². The molecule has 0 aliphatic rings. The van der Waals surface area contributed by atoms with Crippen molar-refractivity contribution in [3.8, 4) is 0 Å². The third-order valence-electron chi connectivity index (χ3n) is 0.873. The second-order valence-electron chi connectivity index (χ2n) is 1.79. The molecule has 0 aromatic carbocycles. The zero-order valence-corrected chi connectivity index (χ0v) is 6.39. The molecule has 6 heteroatoms. The fourth-order valence-electron chi connectivity index (χ4n) is 0.403. The molecule has 0 aliphatic carbocycles. The minimum absolute atomic E-state index is 0.170. The Morgan fingerprint density at radius 2 is 2.33 bits per heavy atom. The maximum absolute atomic E-state index is 10.5. The van der Waals surface area contributed by atoms with Crippen molar-refractivity contribution in [3.05, 3.63) is 22.8 Å². The zero-order valence-electron chi connectivity index (χ0n) is 6.39. The number of hydrogen-bond donors (Lipinski definition) is 0. The molecule has 0 N–H and O–H groups in total. The number of carbonyl (C=O) groups excluding carboxylic acids is 1. The van der Waals surface area contributed by atoms with Crippen LogP contribution >= 0.6 is 0 Å². The standard InChI is InChI=1S/C6H9NO5/c1-2-3-4-11-6(8)5-12-7(9)10/h2H,1,3-5H2. The third-order valence-corrected chi connectivity index (χ3v) is 0.873. The summed E-state index contributed by atoms with van der Waals surface area (Å²) in [5.41, 5.74) is 0. The molecule has 0 aromatic rings. The van der Waals surface area contributed by atoms with Gasteiger partial charge in [0.25, 0.3) is 5.09 Å². The molecule has 68 valence electrons. The van der Waals surface area contributed by atoms with Crippen molar-refractivity contribution >= 4 is 5.97 Å². The van der Waals surface area contributed by atoms with Crippen LogP contribution in [0.2, 0.25) is 0 Å². The van der Waals surface area contributed by atoms with Crippen molar-refractivity contribution in [2.75, 3.05) is 13.2 Å². The van der Waals surface area contributed by atoms with Crippen LogP contribution in [-0.4, -0.2) is 24.3 Å². The molecule has 0 radical (unpaired) electrons. The summed E-state index contributed by atoms with van der Waals surface area (Å²) in [4.78, 5) is 23.9. The fourth-order valence-corrected chi connectivity index (χ4v) is 0.403. The second-order valence-corrected chi connectivity index (χ2v) is 1.79. The van der Waals surface area contributed by atoms with Crippen molar-refractivity contribution < 1.29 is 19.5 Å². The molecule has 0 amide bonds. The topological polar surface area (TPSA) is 78.7 Å². The van der Waals surface area contributed by atoms with Crippen LogP contribution in [0.5, 0.6) is 0 Å². The Kier molecular flexibility index (Phi) is 5.33. The molecule has 12 heavy (non-hydrogen) atoms. The van der Waals surface area contributed by atoms with Gasteiger partial charge in [-0.15, -0.1) is 16.7 Å². The highest BCUT2D eigenvalue weighted by molar-refractivity contribution is 5.70. The molecule has 0 unspecified atom stereocenters. The van der Waals surface area contributed by atoms with Crippen LogP contribution < -0.4 is 0 Å². The van der Waals surface area contributed by atoms with Gasteiger partial charge >= 0.3 is 5.97 Å². The van der Waals surface area contributed by atoms with Gasteiger partial charge in [0, 0.05) is 0 Å². The van der Waals surface area contributed by atoms with Gasteiger partial charge in [-0.05, 0) is 6.42 Å². The summed E-state index contributed by atoms with van der Waals surface area (Å²) >= 11 is 0. The summed E-state index contributed by atoms with van der Waals surface area (Å²) in [6.07, 6.45) is 2.09. The largest absolute Gasteiger partial charge is 0.464 e. The van der Waals surface area contributed by atoms with E-state index in [0.29, 0.717) is 6.42 Å². The normalized spacial score (nSPS) is 8.67. The highest BCUT2D eigenvalue weighted by atomic mass is 17.0. The lowest BCUT2D eigenvalue weighted by Gasteiger charge is -2.00. The molecule has 0 fully saturated rings. The molecule has 6 nitrogen and oxygen atoms in total. The Balaban J connectivity index is 3.33. The van der Waals surface area contributed by atoms with E-state index in [1.165, 1.54) is 0 Å². The van der Waals surface area contributed by atoms with E-state index in [9.17, 15) is 14.9 Å². The van der Waals surface area contributed by atoms with Crippen LogP contribution in [0.4, 0.5) is 0 Å². The van der Waals surface area contributed by atoms with Gasteiger partial charge in [-0.2, -0.15) is 0 Å². The molecule has 0 rings (SSSR count). The lowest BCUT2D eigenvalue weighted by atomic mass is 10.5. The summed E-state index contributed by atoms with van der Waals surface area (Å²) < 4.78 is 4.49. The molecule has 0 spiro atoms. The third kappa shape index (κ3) is 6.53. The van der Waals surface area contributed by atoms with Crippen LogP contribution in [0.1, 0.15) is 6.42 Å². The Morgan fingerprint density at radius 3 is 2.83 bits per heavy atom. The van der Waals surface area contributed by atoms with Gasteiger partial charge in [0.05, 0.1) is 6.61 Å². The molecular formula is C6H9NO5. The maximum atomic E-state index is 10.5. The van der Waals surface area contributed by atoms with E-state index in [2.05, 4.69) is 16.2 Å². The van der Waals surface area contributed by atoms with E-state index in [0.717, 1.165) is 0 Å². The van der Waals surface area contributed by atoms with Crippen LogP contribution in [0.15, 0.2) is 12.7 Å². The first kappa shape index (κ1) is 10.4. The zero-order chi connectivity index (χ0) is 9.40. The van der Waals surface area contributed by atoms with Gasteiger partial charge in [-0.1, -0.05) is 6.08 Å². The second kappa shape index (κ2) is 6.14. The molecule has 0 saturated carbocycles. The molecule has 0 heterocycles. The van der Waals surface area contributed by atoms with Crippen LogP contribution in [0.25, 0.3) is 0 Å². The molecule has 0 saturated heterocycles. The number of rotatable bonds is 6. The van der Waals surface area contributed by atoms with E-state index >= 15 is 0 Å². The molecule has 0 aromatic heterocycles. The minimum Gasteiger partial charge on any atom is -0.464 e.